The van der Waals surface area contributed by atoms with Crippen LogP contribution in [-0.4, -0.2) is 5.84 Å². The minimum absolute atomic E-state index is 0.654. The highest BCUT2D eigenvalue weighted by molar-refractivity contribution is 6.27. The maximum absolute atomic E-state index is 5.46. The molecule has 0 fully saturated rings. The van der Waals surface area contributed by atoms with Crippen LogP contribution in [0.4, 0.5) is 5.69 Å². The molecule has 0 saturated carbocycles. The van der Waals surface area contributed by atoms with E-state index in [0.29, 0.717) is 5.84 Å². The summed E-state index contributed by atoms with van der Waals surface area (Å²) >= 11 is 5.46. The summed E-state index contributed by atoms with van der Waals surface area (Å²) in [7, 11) is 0. The van der Waals surface area contributed by atoms with E-state index in [2.05, 4.69) is 16.9 Å². The van der Waals surface area contributed by atoms with Crippen molar-refractivity contribution in [1.82, 2.24) is 0 Å². The van der Waals surface area contributed by atoms with Crippen LogP contribution in [0.15, 0.2) is 59.7 Å². The Morgan fingerprint density at radius 2 is 2.07 bits per heavy atom. The molecular formula is C11H11ClN2. The van der Waals surface area contributed by atoms with Gasteiger partial charge >= 0.3 is 0 Å². The molecule has 0 atom stereocenters. The number of halogens is 1. The van der Waals surface area contributed by atoms with E-state index < -0.39 is 0 Å². The van der Waals surface area contributed by atoms with Crippen molar-refractivity contribution in [3.8, 4) is 0 Å². The third kappa shape index (κ3) is 3.46. The van der Waals surface area contributed by atoms with Gasteiger partial charge in [-0.05, 0) is 18.2 Å². The summed E-state index contributed by atoms with van der Waals surface area (Å²) in [6.07, 6.45) is 3.12. The SMILES string of the molecule is C=C/N=C(\C=C/Cl)Nc1ccccc1. The number of aliphatic imine (C=N–C) groups is 1. The lowest BCUT2D eigenvalue weighted by Gasteiger charge is -2.04. The number of rotatable bonds is 3. The van der Waals surface area contributed by atoms with Crippen LogP contribution in [0.1, 0.15) is 0 Å². The van der Waals surface area contributed by atoms with Crippen LogP contribution >= 0.6 is 11.6 Å². The van der Waals surface area contributed by atoms with Crippen LogP contribution in [0, 0.1) is 0 Å². The first-order valence-electron chi connectivity index (χ1n) is 4.14. The molecule has 1 aromatic rings. The van der Waals surface area contributed by atoms with Gasteiger partial charge in [-0.3, -0.25) is 0 Å². The Morgan fingerprint density at radius 3 is 2.64 bits per heavy atom. The Morgan fingerprint density at radius 1 is 1.36 bits per heavy atom. The first-order valence-corrected chi connectivity index (χ1v) is 4.58. The van der Waals surface area contributed by atoms with Gasteiger partial charge in [-0.2, -0.15) is 0 Å². The minimum Gasteiger partial charge on any atom is -0.340 e. The molecule has 14 heavy (non-hydrogen) atoms. The van der Waals surface area contributed by atoms with Crippen molar-refractivity contribution >= 4 is 23.1 Å². The van der Waals surface area contributed by atoms with E-state index in [4.69, 9.17) is 11.6 Å². The zero-order chi connectivity index (χ0) is 10.2. The molecular weight excluding hydrogens is 196 g/mol. The molecule has 1 N–H and O–H groups in total. The number of para-hydroxylation sites is 1. The highest BCUT2D eigenvalue weighted by atomic mass is 35.5. The molecule has 3 heteroatoms. The third-order valence-electron chi connectivity index (χ3n) is 1.50. The highest BCUT2D eigenvalue weighted by Crippen LogP contribution is 2.05. The zero-order valence-electron chi connectivity index (χ0n) is 7.65. The van der Waals surface area contributed by atoms with E-state index in [0.717, 1.165) is 5.69 Å². The second-order valence-corrected chi connectivity index (χ2v) is 2.73. The molecule has 1 aromatic carbocycles. The molecule has 0 saturated heterocycles. The Hall–Kier alpha value is -1.54. The van der Waals surface area contributed by atoms with Gasteiger partial charge in [0.25, 0.3) is 0 Å². The zero-order valence-corrected chi connectivity index (χ0v) is 8.41. The van der Waals surface area contributed by atoms with Gasteiger partial charge in [-0.15, -0.1) is 0 Å². The lowest BCUT2D eigenvalue weighted by molar-refractivity contribution is 1.53. The number of hydrogen-bond donors (Lipinski definition) is 1. The summed E-state index contributed by atoms with van der Waals surface area (Å²) in [6, 6.07) is 9.73. The summed E-state index contributed by atoms with van der Waals surface area (Å²) in [5.41, 5.74) is 2.36. The fraction of sp³-hybridized carbons (Fsp3) is 0. The van der Waals surface area contributed by atoms with Crippen molar-refractivity contribution in [3.63, 3.8) is 0 Å². The van der Waals surface area contributed by atoms with Gasteiger partial charge in [-0.1, -0.05) is 36.4 Å². The maximum Gasteiger partial charge on any atom is 0.131 e. The van der Waals surface area contributed by atoms with Crippen LogP contribution in [0.3, 0.4) is 0 Å². The molecule has 0 aromatic heterocycles. The molecule has 2 nitrogen and oxygen atoms in total. The fourth-order valence-electron chi connectivity index (χ4n) is 0.944. The number of benzene rings is 1. The van der Waals surface area contributed by atoms with E-state index in [1.807, 2.05) is 30.3 Å². The van der Waals surface area contributed by atoms with Gasteiger partial charge in [0.1, 0.15) is 5.84 Å². The highest BCUT2D eigenvalue weighted by Gasteiger charge is 1.92. The molecule has 0 aliphatic heterocycles. The Balaban J connectivity index is 2.75. The summed E-state index contributed by atoms with van der Waals surface area (Å²) < 4.78 is 0. The number of nitrogens with zero attached hydrogens (tertiary/aromatic N) is 1. The molecule has 1 rings (SSSR count). The van der Waals surface area contributed by atoms with Crippen LogP contribution in [0.5, 0.6) is 0 Å². The van der Waals surface area contributed by atoms with Crippen molar-refractivity contribution in [2.75, 3.05) is 5.32 Å². The third-order valence-corrected chi connectivity index (χ3v) is 1.62. The van der Waals surface area contributed by atoms with E-state index in [1.54, 1.807) is 6.08 Å². The molecule has 0 aliphatic carbocycles. The van der Waals surface area contributed by atoms with Crippen LogP contribution in [0.25, 0.3) is 0 Å². The number of amidine groups is 1. The minimum atomic E-state index is 0.654. The van der Waals surface area contributed by atoms with Crippen molar-refractivity contribution < 1.29 is 0 Å². The number of nitrogens with one attached hydrogen (secondary N) is 1. The predicted octanol–water partition coefficient (Wildman–Crippen LogP) is 3.39. The molecule has 0 unspecified atom stereocenters. The largest absolute Gasteiger partial charge is 0.340 e. The van der Waals surface area contributed by atoms with Crippen molar-refractivity contribution in [2.24, 2.45) is 4.99 Å². The van der Waals surface area contributed by atoms with Crippen LogP contribution in [0.2, 0.25) is 0 Å². The van der Waals surface area contributed by atoms with E-state index >= 15 is 0 Å². The van der Waals surface area contributed by atoms with Gasteiger partial charge in [0.05, 0.1) is 0 Å². The Bertz CT molecular complexity index is 342. The van der Waals surface area contributed by atoms with E-state index in [-0.39, 0.29) is 0 Å². The van der Waals surface area contributed by atoms with Gasteiger partial charge in [0.2, 0.25) is 0 Å². The molecule has 72 valence electrons. The fourth-order valence-corrected chi connectivity index (χ4v) is 1.06. The first kappa shape index (κ1) is 10.5. The number of hydrogen-bond acceptors (Lipinski definition) is 1. The van der Waals surface area contributed by atoms with E-state index in [1.165, 1.54) is 11.7 Å². The molecule has 0 radical (unpaired) electrons. The lowest BCUT2D eigenvalue weighted by atomic mass is 10.3. The van der Waals surface area contributed by atoms with E-state index in [9.17, 15) is 0 Å². The average molecular weight is 207 g/mol. The van der Waals surface area contributed by atoms with Gasteiger partial charge in [0, 0.05) is 17.4 Å². The predicted molar refractivity (Wildman–Crippen MR) is 62.7 cm³/mol. The van der Waals surface area contributed by atoms with Gasteiger partial charge in [0.15, 0.2) is 0 Å². The normalized spacial score (nSPS) is 11.6. The maximum atomic E-state index is 5.46. The molecule has 0 spiro atoms. The monoisotopic (exact) mass is 206 g/mol. The molecule has 0 amide bonds. The topological polar surface area (TPSA) is 24.4 Å². The summed E-state index contributed by atoms with van der Waals surface area (Å²) in [6.45, 7) is 3.52. The van der Waals surface area contributed by atoms with Crippen molar-refractivity contribution in [1.29, 1.82) is 0 Å². The Kier molecular flexibility index (Phi) is 4.51. The quantitative estimate of drug-likeness (QED) is 0.595. The average Bonchev–Trinajstić information content (AvgIpc) is 2.20. The lowest BCUT2D eigenvalue weighted by Crippen LogP contribution is -2.07. The van der Waals surface area contributed by atoms with Crippen LogP contribution in [-0.2, 0) is 0 Å². The molecule has 0 aliphatic rings. The second kappa shape index (κ2) is 6.00. The standard InChI is InChI=1S/C11H11ClN2/c1-2-13-11(8-9-12)14-10-6-4-3-5-7-10/h2-9H,1H2,(H,13,14)/b9-8-. The first-order chi connectivity index (χ1) is 6.86. The smallest absolute Gasteiger partial charge is 0.131 e. The summed E-state index contributed by atoms with van der Waals surface area (Å²) in [4.78, 5) is 4.01. The van der Waals surface area contributed by atoms with Crippen molar-refractivity contribution in [2.45, 2.75) is 0 Å². The second-order valence-electron chi connectivity index (χ2n) is 2.48. The van der Waals surface area contributed by atoms with Crippen molar-refractivity contribution in [3.05, 3.63) is 54.7 Å². The van der Waals surface area contributed by atoms with Gasteiger partial charge in [-0.25, -0.2) is 4.99 Å². The van der Waals surface area contributed by atoms with Crippen LogP contribution < -0.4 is 5.32 Å². The van der Waals surface area contributed by atoms with Gasteiger partial charge < -0.3 is 5.32 Å². The summed E-state index contributed by atoms with van der Waals surface area (Å²) in [5, 5.41) is 3.09. The molecule has 0 heterocycles. The Labute approximate surface area is 88.6 Å². The summed E-state index contributed by atoms with van der Waals surface area (Å²) in [5.74, 6) is 0.654. The number of anilines is 1. The molecule has 0 bridgehead atoms.